The lowest BCUT2D eigenvalue weighted by Gasteiger charge is -2.31. The molecule has 2 aliphatic rings. The summed E-state index contributed by atoms with van der Waals surface area (Å²) in [6.07, 6.45) is 7.03. The van der Waals surface area contributed by atoms with Gasteiger partial charge in [-0.3, -0.25) is 9.59 Å². The first-order valence-electron chi connectivity index (χ1n) is 11.2. The molecule has 2 aromatic rings. The van der Waals surface area contributed by atoms with Gasteiger partial charge in [0.2, 0.25) is 5.91 Å². The van der Waals surface area contributed by atoms with Crippen LogP contribution in [-0.4, -0.2) is 32.0 Å². The van der Waals surface area contributed by atoms with Crippen molar-refractivity contribution in [2.75, 3.05) is 30.4 Å². The minimum absolute atomic E-state index is 0.00493. The molecule has 164 valence electrons. The van der Waals surface area contributed by atoms with Gasteiger partial charge >= 0.3 is 0 Å². The van der Waals surface area contributed by atoms with Crippen LogP contribution in [0.4, 0.5) is 11.4 Å². The van der Waals surface area contributed by atoms with E-state index in [1.165, 1.54) is 6.42 Å². The first kappa shape index (κ1) is 21.2. The van der Waals surface area contributed by atoms with Crippen LogP contribution in [-0.2, 0) is 10.2 Å². The van der Waals surface area contributed by atoms with E-state index in [2.05, 4.69) is 10.2 Å². The van der Waals surface area contributed by atoms with E-state index in [1.54, 1.807) is 19.2 Å². The Morgan fingerprint density at radius 2 is 1.74 bits per heavy atom. The number of rotatable bonds is 6. The smallest absolute Gasteiger partial charge is 0.250 e. The van der Waals surface area contributed by atoms with Crippen molar-refractivity contribution in [2.24, 2.45) is 5.73 Å². The molecule has 0 atom stereocenters. The fourth-order valence-electron chi connectivity index (χ4n) is 5.01. The highest BCUT2D eigenvalue weighted by Crippen LogP contribution is 2.43. The van der Waals surface area contributed by atoms with E-state index >= 15 is 0 Å². The van der Waals surface area contributed by atoms with Crippen molar-refractivity contribution in [1.82, 2.24) is 0 Å². The molecular formula is C25H31N3O3. The van der Waals surface area contributed by atoms with Crippen LogP contribution in [0, 0.1) is 0 Å². The van der Waals surface area contributed by atoms with Crippen LogP contribution in [0.25, 0.3) is 0 Å². The molecule has 31 heavy (non-hydrogen) atoms. The Kier molecular flexibility index (Phi) is 6.16. The van der Waals surface area contributed by atoms with E-state index in [1.807, 2.05) is 30.3 Å². The van der Waals surface area contributed by atoms with Gasteiger partial charge in [-0.25, -0.2) is 0 Å². The van der Waals surface area contributed by atoms with Crippen molar-refractivity contribution >= 4 is 23.2 Å². The van der Waals surface area contributed by atoms with Crippen LogP contribution in [0.1, 0.15) is 60.9 Å². The first-order valence-corrected chi connectivity index (χ1v) is 11.2. The Bertz CT molecular complexity index is 960. The van der Waals surface area contributed by atoms with Gasteiger partial charge in [0.05, 0.1) is 23.8 Å². The number of nitrogens with one attached hydrogen (secondary N) is 1. The number of anilines is 2. The second-order valence-electron chi connectivity index (χ2n) is 8.62. The highest BCUT2D eigenvalue weighted by molar-refractivity contribution is 6.02. The molecule has 0 bridgehead atoms. The Hall–Kier alpha value is -3.02. The number of nitrogens with zero attached hydrogens (tertiary/aromatic N) is 1. The zero-order chi connectivity index (χ0) is 21.8. The summed E-state index contributed by atoms with van der Waals surface area (Å²) in [5.74, 6) is 0.312. The maximum atomic E-state index is 13.6. The number of carbonyl (C=O) groups excluding carboxylic acids is 2. The van der Waals surface area contributed by atoms with Crippen molar-refractivity contribution in [3.63, 3.8) is 0 Å². The highest BCUT2D eigenvalue weighted by Gasteiger charge is 2.43. The lowest BCUT2D eigenvalue weighted by atomic mass is 9.78. The average Bonchev–Trinajstić information content (AvgIpc) is 3.31. The van der Waals surface area contributed by atoms with E-state index in [-0.39, 0.29) is 5.91 Å². The van der Waals surface area contributed by atoms with E-state index in [4.69, 9.17) is 10.5 Å². The molecular weight excluding hydrogens is 390 g/mol. The minimum atomic E-state index is -0.567. The fraction of sp³-hybridized carbons (Fsp3) is 0.440. The topological polar surface area (TPSA) is 84.7 Å². The summed E-state index contributed by atoms with van der Waals surface area (Å²) in [7, 11) is 1.64. The van der Waals surface area contributed by atoms with Crippen LogP contribution < -0.4 is 20.7 Å². The standard InChI is InChI=1S/C25H31N3O3/c1-31-20-9-7-8-18(16-20)25(12-3-4-13-25)24(30)27-19-10-11-21(23(26)29)22(17-19)28-14-5-2-6-15-28/h7-11,16-17H,2-6,12-15H2,1H3,(H2,26,29)(H,27,30). The number of amides is 2. The Labute approximate surface area is 183 Å². The van der Waals surface area contributed by atoms with Crippen molar-refractivity contribution in [1.29, 1.82) is 0 Å². The molecule has 0 aromatic heterocycles. The van der Waals surface area contributed by atoms with Crippen LogP contribution in [0.15, 0.2) is 42.5 Å². The van der Waals surface area contributed by atoms with Crippen LogP contribution in [0.5, 0.6) is 5.75 Å². The van der Waals surface area contributed by atoms with Gasteiger partial charge < -0.3 is 20.7 Å². The van der Waals surface area contributed by atoms with Gasteiger partial charge in [0, 0.05) is 18.8 Å². The van der Waals surface area contributed by atoms with Gasteiger partial charge in [-0.15, -0.1) is 0 Å². The summed E-state index contributed by atoms with van der Waals surface area (Å²) < 4.78 is 5.39. The van der Waals surface area contributed by atoms with Gasteiger partial charge in [0.25, 0.3) is 5.91 Å². The van der Waals surface area contributed by atoms with Crippen molar-refractivity contribution in [3.8, 4) is 5.75 Å². The third-order valence-corrected chi connectivity index (χ3v) is 6.73. The summed E-state index contributed by atoms with van der Waals surface area (Å²) in [4.78, 5) is 27.8. The first-order chi connectivity index (χ1) is 15.0. The van der Waals surface area contributed by atoms with Crippen molar-refractivity contribution in [2.45, 2.75) is 50.4 Å². The summed E-state index contributed by atoms with van der Waals surface area (Å²) in [6.45, 7) is 1.79. The number of nitrogens with two attached hydrogens (primary N) is 1. The molecule has 6 nitrogen and oxygen atoms in total. The molecule has 0 radical (unpaired) electrons. The molecule has 0 unspecified atom stereocenters. The zero-order valence-electron chi connectivity index (χ0n) is 18.2. The minimum Gasteiger partial charge on any atom is -0.497 e. The van der Waals surface area contributed by atoms with Crippen LogP contribution >= 0.6 is 0 Å². The normalized spacial score (nSPS) is 17.9. The third kappa shape index (κ3) is 4.24. The quantitative estimate of drug-likeness (QED) is 0.731. The summed E-state index contributed by atoms with van der Waals surface area (Å²) in [5.41, 5.74) is 8.07. The molecule has 6 heteroatoms. The van der Waals surface area contributed by atoms with Crippen molar-refractivity contribution < 1.29 is 14.3 Å². The van der Waals surface area contributed by atoms with E-state index in [0.29, 0.717) is 11.3 Å². The molecule has 2 aromatic carbocycles. The number of ether oxygens (including phenoxy) is 1. The lowest BCUT2D eigenvalue weighted by Crippen LogP contribution is -2.38. The van der Waals surface area contributed by atoms with Crippen LogP contribution in [0.3, 0.4) is 0 Å². The zero-order valence-corrected chi connectivity index (χ0v) is 18.2. The summed E-state index contributed by atoms with van der Waals surface area (Å²) >= 11 is 0. The Morgan fingerprint density at radius 3 is 2.42 bits per heavy atom. The summed E-state index contributed by atoms with van der Waals surface area (Å²) in [6, 6.07) is 13.2. The second-order valence-corrected chi connectivity index (χ2v) is 8.62. The number of benzene rings is 2. The SMILES string of the molecule is COc1cccc(C2(C(=O)Nc3ccc(C(N)=O)c(N4CCCCC4)c3)CCCC2)c1. The largest absolute Gasteiger partial charge is 0.497 e. The number of hydrogen-bond donors (Lipinski definition) is 2. The Balaban J connectivity index is 1.64. The molecule has 4 rings (SSSR count). The molecule has 2 amide bonds. The molecule has 1 aliphatic carbocycles. The molecule has 1 saturated carbocycles. The maximum Gasteiger partial charge on any atom is 0.250 e. The third-order valence-electron chi connectivity index (χ3n) is 6.73. The van der Waals surface area contributed by atoms with Gasteiger partial charge in [0.1, 0.15) is 5.75 Å². The number of carbonyl (C=O) groups is 2. The lowest BCUT2D eigenvalue weighted by molar-refractivity contribution is -0.121. The van der Waals surface area contributed by atoms with Gasteiger partial charge in [0.15, 0.2) is 0 Å². The van der Waals surface area contributed by atoms with E-state index < -0.39 is 11.3 Å². The van der Waals surface area contributed by atoms with Crippen LogP contribution in [0.2, 0.25) is 0 Å². The van der Waals surface area contributed by atoms with Gasteiger partial charge in [-0.05, 0) is 68.0 Å². The maximum absolute atomic E-state index is 13.6. The summed E-state index contributed by atoms with van der Waals surface area (Å²) in [5, 5.41) is 3.15. The molecule has 2 fully saturated rings. The van der Waals surface area contributed by atoms with Gasteiger partial charge in [-0.1, -0.05) is 25.0 Å². The number of piperidine rings is 1. The Morgan fingerprint density at radius 1 is 1.00 bits per heavy atom. The number of hydrogen-bond acceptors (Lipinski definition) is 4. The monoisotopic (exact) mass is 421 g/mol. The predicted molar refractivity (Wildman–Crippen MR) is 123 cm³/mol. The predicted octanol–water partition coefficient (Wildman–Crippen LogP) is 4.23. The number of primary amides is 1. The average molecular weight is 422 g/mol. The number of methoxy groups -OCH3 is 1. The molecule has 1 aliphatic heterocycles. The molecule has 0 spiro atoms. The second kappa shape index (κ2) is 9.00. The highest BCUT2D eigenvalue weighted by atomic mass is 16.5. The van der Waals surface area contributed by atoms with Crippen molar-refractivity contribution in [3.05, 3.63) is 53.6 Å². The molecule has 3 N–H and O–H groups in total. The van der Waals surface area contributed by atoms with Gasteiger partial charge in [-0.2, -0.15) is 0 Å². The van der Waals surface area contributed by atoms with E-state index in [0.717, 1.165) is 68.6 Å². The fourth-order valence-corrected chi connectivity index (χ4v) is 5.01. The molecule has 1 saturated heterocycles. The molecule has 1 heterocycles. The van der Waals surface area contributed by atoms with E-state index in [9.17, 15) is 9.59 Å².